The molecule has 0 aliphatic carbocycles. The summed E-state index contributed by atoms with van der Waals surface area (Å²) < 4.78 is 0. The maximum absolute atomic E-state index is 12.1. The summed E-state index contributed by atoms with van der Waals surface area (Å²) in [5.74, 6) is 0.123. The molecule has 25 heavy (non-hydrogen) atoms. The first-order valence-electron chi connectivity index (χ1n) is 8.94. The Morgan fingerprint density at radius 3 is 2.20 bits per heavy atom. The minimum Gasteiger partial charge on any atom is -0.343 e. The van der Waals surface area contributed by atoms with Gasteiger partial charge in [-0.05, 0) is 65.5 Å². The molecule has 0 radical (unpaired) electrons. The molecule has 6 nitrogen and oxygen atoms in total. The Labute approximate surface area is 151 Å². The predicted octanol–water partition coefficient (Wildman–Crippen LogP) is 2.56. The van der Waals surface area contributed by atoms with Crippen LogP contribution < -0.4 is 10.6 Å². The number of hydrogen-bond acceptors (Lipinski definition) is 3. The van der Waals surface area contributed by atoms with Crippen LogP contribution in [0.4, 0.5) is 10.5 Å². The van der Waals surface area contributed by atoms with E-state index in [0.29, 0.717) is 6.42 Å². The number of rotatable bonds is 9. The van der Waals surface area contributed by atoms with Crippen LogP contribution in [0.15, 0.2) is 24.3 Å². The van der Waals surface area contributed by atoms with Crippen molar-refractivity contribution in [3.63, 3.8) is 0 Å². The Bertz CT molecular complexity index is 539. The molecule has 0 bridgehead atoms. The average molecular weight is 348 g/mol. The summed E-state index contributed by atoms with van der Waals surface area (Å²) in [6.07, 6.45) is 1.28. The maximum Gasteiger partial charge on any atom is 0.319 e. The third kappa shape index (κ3) is 8.03. The van der Waals surface area contributed by atoms with Crippen molar-refractivity contribution >= 4 is 17.6 Å². The van der Waals surface area contributed by atoms with Crippen LogP contribution in [0.3, 0.4) is 0 Å². The van der Waals surface area contributed by atoms with E-state index in [-0.39, 0.29) is 18.0 Å². The number of nitrogens with zero attached hydrogens (tertiary/aromatic N) is 2. The Kier molecular flexibility index (Phi) is 8.99. The quantitative estimate of drug-likeness (QED) is 0.721. The zero-order chi connectivity index (χ0) is 18.8. The molecular weight excluding hydrogens is 316 g/mol. The van der Waals surface area contributed by atoms with Crippen molar-refractivity contribution in [3.05, 3.63) is 29.8 Å². The molecule has 1 aromatic rings. The number of benzene rings is 1. The topological polar surface area (TPSA) is 64.7 Å². The summed E-state index contributed by atoms with van der Waals surface area (Å²) in [5.41, 5.74) is 1.67. The zero-order valence-corrected chi connectivity index (χ0v) is 16.1. The first-order valence-corrected chi connectivity index (χ1v) is 8.94. The molecule has 3 amide bonds. The van der Waals surface area contributed by atoms with Gasteiger partial charge in [-0.3, -0.25) is 4.79 Å². The monoisotopic (exact) mass is 348 g/mol. The number of carbonyl (C=O) groups is 2. The van der Waals surface area contributed by atoms with E-state index in [1.54, 1.807) is 0 Å². The van der Waals surface area contributed by atoms with Gasteiger partial charge in [-0.2, -0.15) is 0 Å². The Hall–Kier alpha value is -2.08. The lowest BCUT2D eigenvalue weighted by Crippen LogP contribution is -2.37. The summed E-state index contributed by atoms with van der Waals surface area (Å²) in [6.45, 7) is 8.32. The van der Waals surface area contributed by atoms with Gasteiger partial charge in [0.1, 0.15) is 0 Å². The normalized spacial score (nSPS) is 11.9. The van der Waals surface area contributed by atoms with Gasteiger partial charge in [0, 0.05) is 24.8 Å². The molecule has 1 atom stereocenters. The minimum absolute atomic E-state index is 0.105. The molecule has 6 heteroatoms. The van der Waals surface area contributed by atoms with E-state index in [1.165, 1.54) is 0 Å². The van der Waals surface area contributed by atoms with Crippen LogP contribution in [0.1, 0.15) is 32.8 Å². The minimum atomic E-state index is -0.210. The number of likely N-dealkylation sites (N-methyl/N-ethyl adjacent to an activating group) is 1. The van der Waals surface area contributed by atoms with E-state index in [1.807, 2.05) is 64.0 Å². The van der Waals surface area contributed by atoms with Crippen molar-refractivity contribution < 1.29 is 9.59 Å². The summed E-state index contributed by atoms with van der Waals surface area (Å²) in [6, 6.07) is 7.31. The third-order valence-electron chi connectivity index (χ3n) is 4.07. The Morgan fingerprint density at radius 1 is 1.08 bits per heavy atom. The van der Waals surface area contributed by atoms with Gasteiger partial charge >= 0.3 is 6.03 Å². The Morgan fingerprint density at radius 2 is 1.68 bits per heavy atom. The van der Waals surface area contributed by atoms with E-state index in [4.69, 9.17) is 0 Å². The van der Waals surface area contributed by atoms with Crippen molar-refractivity contribution in [2.45, 2.75) is 39.7 Å². The van der Waals surface area contributed by atoms with Crippen LogP contribution in [0.2, 0.25) is 0 Å². The molecular formula is C19H32N4O2. The molecule has 0 saturated heterocycles. The number of nitrogens with one attached hydrogen (secondary N) is 2. The largest absolute Gasteiger partial charge is 0.343 e. The fraction of sp³-hybridized carbons (Fsp3) is 0.579. The molecule has 1 aromatic carbocycles. The number of amides is 3. The van der Waals surface area contributed by atoms with E-state index >= 15 is 0 Å². The van der Waals surface area contributed by atoms with Crippen LogP contribution in [0.25, 0.3) is 0 Å². The second-order valence-electron chi connectivity index (χ2n) is 6.53. The van der Waals surface area contributed by atoms with Crippen LogP contribution in [-0.4, -0.2) is 61.5 Å². The van der Waals surface area contributed by atoms with Crippen molar-refractivity contribution in [2.24, 2.45) is 0 Å². The van der Waals surface area contributed by atoms with Crippen molar-refractivity contribution in [3.8, 4) is 0 Å². The highest BCUT2D eigenvalue weighted by Gasteiger charge is 2.11. The van der Waals surface area contributed by atoms with Gasteiger partial charge < -0.3 is 20.4 Å². The molecule has 0 heterocycles. The smallest absolute Gasteiger partial charge is 0.319 e. The van der Waals surface area contributed by atoms with Crippen LogP contribution in [0.5, 0.6) is 0 Å². The highest BCUT2D eigenvalue weighted by atomic mass is 16.2. The fourth-order valence-electron chi connectivity index (χ4n) is 2.48. The number of hydrogen-bond donors (Lipinski definition) is 2. The van der Waals surface area contributed by atoms with E-state index in [9.17, 15) is 9.59 Å². The van der Waals surface area contributed by atoms with Gasteiger partial charge in [0.25, 0.3) is 0 Å². The predicted molar refractivity (Wildman–Crippen MR) is 103 cm³/mol. The molecule has 0 fully saturated rings. The lowest BCUT2D eigenvalue weighted by Gasteiger charge is -2.19. The molecule has 0 aromatic heterocycles. The molecule has 0 saturated carbocycles. The van der Waals surface area contributed by atoms with Crippen LogP contribution >= 0.6 is 0 Å². The summed E-state index contributed by atoms with van der Waals surface area (Å²) >= 11 is 0. The van der Waals surface area contributed by atoms with Crippen molar-refractivity contribution in [1.82, 2.24) is 15.1 Å². The first-order chi connectivity index (χ1) is 11.8. The second kappa shape index (κ2) is 10.7. The third-order valence-corrected chi connectivity index (χ3v) is 4.07. The van der Waals surface area contributed by atoms with E-state index < -0.39 is 0 Å². The molecule has 2 N–H and O–H groups in total. The van der Waals surface area contributed by atoms with Crippen LogP contribution in [0, 0.1) is 0 Å². The van der Waals surface area contributed by atoms with E-state index in [2.05, 4.69) is 15.5 Å². The lowest BCUT2D eigenvalue weighted by atomic mass is 10.1. The van der Waals surface area contributed by atoms with Crippen molar-refractivity contribution in [2.75, 3.05) is 39.0 Å². The summed E-state index contributed by atoms with van der Waals surface area (Å²) in [4.78, 5) is 28.0. The summed E-state index contributed by atoms with van der Waals surface area (Å²) in [7, 11) is 4.03. The molecule has 0 aliphatic rings. The average Bonchev–Trinajstić information content (AvgIpc) is 2.56. The zero-order valence-electron chi connectivity index (χ0n) is 16.1. The van der Waals surface area contributed by atoms with Gasteiger partial charge in [-0.25, -0.2) is 4.79 Å². The highest BCUT2D eigenvalue weighted by Crippen LogP contribution is 2.11. The van der Waals surface area contributed by atoms with Gasteiger partial charge in [-0.1, -0.05) is 12.1 Å². The molecule has 0 aliphatic heterocycles. The lowest BCUT2D eigenvalue weighted by molar-refractivity contribution is -0.130. The van der Waals surface area contributed by atoms with Crippen LogP contribution in [-0.2, 0) is 11.2 Å². The molecule has 0 spiro atoms. The molecule has 1 rings (SSSR count). The standard InChI is InChI=1S/C19H32N4O2/c1-6-23(7-2)18(24)14-16-8-10-17(11-9-16)21-19(25)20-15(3)12-13-22(4)5/h8-11,15H,6-7,12-14H2,1-5H3,(H2,20,21,25)/t15-/m1/s1. The molecule has 0 unspecified atom stereocenters. The van der Waals surface area contributed by atoms with Gasteiger partial charge in [-0.15, -0.1) is 0 Å². The maximum atomic E-state index is 12.1. The number of anilines is 1. The number of carbonyl (C=O) groups excluding carboxylic acids is 2. The van der Waals surface area contributed by atoms with Gasteiger partial charge in [0.15, 0.2) is 0 Å². The summed E-state index contributed by atoms with van der Waals surface area (Å²) in [5, 5.41) is 5.75. The van der Waals surface area contributed by atoms with Gasteiger partial charge in [0.05, 0.1) is 6.42 Å². The second-order valence-corrected chi connectivity index (χ2v) is 6.53. The number of urea groups is 1. The highest BCUT2D eigenvalue weighted by molar-refractivity contribution is 5.89. The van der Waals surface area contributed by atoms with E-state index in [0.717, 1.165) is 37.3 Å². The fourth-order valence-corrected chi connectivity index (χ4v) is 2.48. The Balaban J connectivity index is 2.48. The van der Waals surface area contributed by atoms with Gasteiger partial charge in [0.2, 0.25) is 5.91 Å². The first kappa shape index (κ1) is 21.0. The SMILES string of the molecule is CCN(CC)C(=O)Cc1ccc(NC(=O)N[C@H](C)CCN(C)C)cc1. The van der Waals surface area contributed by atoms with Crippen molar-refractivity contribution in [1.29, 1.82) is 0 Å². The molecule has 140 valence electrons.